The molecule has 0 spiro atoms. The number of sulfonamides is 1. The van der Waals surface area contributed by atoms with Gasteiger partial charge in [0.2, 0.25) is 10.0 Å². The summed E-state index contributed by atoms with van der Waals surface area (Å²) >= 11 is 0. The monoisotopic (exact) mass is 299 g/mol. The van der Waals surface area contributed by atoms with Crippen LogP contribution in [0.1, 0.15) is 31.7 Å². The van der Waals surface area contributed by atoms with E-state index in [4.69, 9.17) is 5.11 Å². The van der Waals surface area contributed by atoms with Crippen LogP contribution in [0, 0.1) is 5.92 Å². The van der Waals surface area contributed by atoms with Crippen LogP contribution in [0.3, 0.4) is 0 Å². The molecule has 1 unspecified atom stereocenters. The Morgan fingerprint density at radius 2 is 1.90 bits per heavy atom. The lowest BCUT2D eigenvalue weighted by Gasteiger charge is -2.15. The molecule has 0 saturated carbocycles. The van der Waals surface area contributed by atoms with Crippen molar-refractivity contribution >= 4 is 10.0 Å². The molecule has 0 heterocycles. The number of hydrogen-bond donors (Lipinski definition) is 2. The third kappa shape index (κ3) is 7.03. The summed E-state index contributed by atoms with van der Waals surface area (Å²) in [5, 5.41) is 8.97. The van der Waals surface area contributed by atoms with Crippen LogP contribution in [0.4, 0.5) is 0 Å². The molecule has 20 heavy (non-hydrogen) atoms. The van der Waals surface area contributed by atoms with E-state index in [1.54, 1.807) is 0 Å². The normalized spacial score (nSPS) is 13.3. The van der Waals surface area contributed by atoms with Crippen LogP contribution in [-0.4, -0.2) is 32.4 Å². The zero-order chi connectivity index (χ0) is 14.8. The Bertz CT molecular complexity index is 453. The Balaban J connectivity index is 2.40. The Kier molecular flexibility index (Phi) is 7.80. The van der Waals surface area contributed by atoms with Crippen LogP contribution in [0.25, 0.3) is 0 Å². The van der Waals surface area contributed by atoms with Crippen LogP contribution in [-0.2, 0) is 16.4 Å². The first-order chi connectivity index (χ1) is 9.57. The molecular weight excluding hydrogens is 274 g/mol. The second-order valence-electron chi connectivity index (χ2n) is 5.07. The van der Waals surface area contributed by atoms with Crippen molar-refractivity contribution in [3.63, 3.8) is 0 Å². The molecular formula is C15H25NO3S. The van der Waals surface area contributed by atoms with Gasteiger partial charge in [0.05, 0.1) is 5.75 Å². The van der Waals surface area contributed by atoms with Gasteiger partial charge in [0.1, 0.15) is 0 Å². The number of nitrogens with one attached hydrogen (secondary N) is 1. The average molecular weight is 299 g/mol. The van der Waals surface area contributed by atoms with Crippen LogP contribution < -0.4 is 4.72 Å². The molecule has 0 saturated heterocycles. The van der Waals surface area contributed by atoms with Gasteiger partial charge in [0.25, 0.3) is 0 Å². The molecule has 0 aliphatic heterocycles. The van der Waals surface area contributed by atoms with E-state index in [-0.39, 0.29) is 18.3 Å². The van der Waals surface area contributed by atoms with Gasteiger partial charge in [-0.3, -0.25) is 0 Å². The van der Waals surface area contributed by atoms with Gasteiger partial charge in [0, 0.05) is 13.2 Å². The van der Waals surface area contributed by atoms with Crippen molar-refractivity contribution in [2.75, 3.05) is 18.9 Å². The second kappa shape index (κ2) is 9.10. The summed E-state index contributed by atoms with van der Waals surface area (Å²) < 4.78 is 26.5. The number of aliphatic hydroxyl groups excluding tert-OH is 1. The molecule has 0 bridgehead atoms. The van der Waals surface area contributed by atoms with Gasteiger partial charge in [-0.1, -0.05) is 43.7 Å². The molecule has 0 amide bonds. The minimum atomic E-state index is -3.24. The molecule has 1 atom stereocenters. The van der Waals surface area contributed by atoms with Crippen molar-refractivity contribution in [3.05, 3.63) is 35.9 Å². The van der Waals surface area contributed by atoms with E-state index in [9.17, 15) is 8.42 Å². The highest BCUT2D eigenvalue weighted by Gasteiger charge is 2.14. The van der Waals surface area contributed by atoms with Crippen molar-refractivity contribution in [2.45, 2.75) is 32.6 Å². The molecule has 1 rings (SSSR count). The van der Waals surface area contributed by atoms with Crippen LogP contribution >= 0.6 is 0 Å². The molecule has 1 aromatic carbocycles. The lowest BCUT2D eigenvalue weighted by molar-refractivity contribution is 0.251. The van der Waals surface area contributed by atoms with Gasteiger partial charge in [-0.05, 0) is 30.7 Å². The number of hydrogen-bond acceptors (Lipinski definition) is 3. The average Bonchev–Trinajstić information content (AvgIpc) is 2.45. The molecule has 114 valence electrons. The number of rotatable bonds is 10. The van der Waals surface area contributed by atoms with E-state index in [0.29, 0.717) is 19.4 Å². The second-order valence-corrected chi connectivity index (χ2v) is 7.00. The third-order valence-electron chi connectivity index (χ3n) is 3.33. The fourth-order valence-corrected chi connectivity index (χ4v) is 3.29. The van der Waals surface area contributed by atoms with Crippen LogP contribution in [0.5, 0.6) is 0 Å². The standard InChI is InChI=1S/C15H25NO3S/c1-2-6-15(9-11-17)13-16-20(18,19)12-10-14-7-4-3-5-8-14/h3-5,7-8,15-17H,2,6,9-13H2,1H3. The number of benzene rings is 1. The van der Waals surface area contributed by atoms with Gasteiger partial charge in [0.15, 0.2) is 0 Å². The molecule has 0 aliphatic carbocycles. The van der Waals surface area contributed by atoms with Gasteiger partial charge in [-0.15, -0.1) is 0 Å². The Morgan fingerprint density at radius 3 is 2.50 bits per heavy atom. The minimum Gasteiger partial charge on any atom is -0.396 e. The van der Waals surface area contributed by atoms with E-state index in [1.807, 2.05) is 30.3 Å². The number of aryl methyl sites for hydroxylation is 1. The van der Waals surface area contributed by atoms with Gasteiger partial charge >= 0.3 is 0 Å². The third-order valence-corrected chi connectivity index (χ3v) is 4.68. The molecule has 1 aromatic rings. The maximum atomic E-state index is 11.9. The first-order valence-corrected chi connectivity index (χ1v) is 8.84. The Morgan fingerprint density at radius 1 is 1.20 bits per heavy atom. The predicted octanol–water partition coefficient (Wildman–Crippen LogP) is 1.95. The molecule has 0 aliphatic rings. The first kappa shape index (κ1) is 17.1. The largest absolute Gasteiger partial charge is 0.396 e. The summed E-state index contributed by atoms with van der Waals surface area (Å²) in [5.41, 5.74) is 1.03. The van der Waals surface area contributed by atoms with Gasteiger partial charge in [-0.25, -0.2) is 13.1 Å². The first-order valence-electron chi connectivity index (χ1n) is 7.19. The predicted molar refractivity (Wildman–Crippen MR) is 82.0 cm³/mol. The van der Waals surface area contributed by atoms with Crippen molar-refractivity contribution in [2.24, 2.45) is 5.92 Å². The van der Waals surface area contributed by atoms with E-state index < -0.39 is 10.0 Å². The van der Waals surface area contributed by atoms with Crippen LogP contribution in [0.2, 0.25) is 0 Å². The maximum Gasteiger partial charge on any atom is 0.211 e. The summed E-state index contributed by atoms with van der Waals surface area (Å²) in [6.45, 7) is 2.59. The Hall–Kier alpha value is -0.910. The molecule has 0 fully saturated rings. The SMILES string of the molecule is CCCC(CCO)CNS(=O)(=O)CCc1ccccc1. The van der Waals surface area contributed by atoms with Crippen molar-refractivity contribution in [1.29, 1.82) is 0 Å². The maximum absolute atomic E-state index is 11.9. The zero-order valence-corrected chi connectivity index (χ0v) is 12.9. The van der Waals surface area contributed by atoms with E-state index in [1.165, 1.54) is 0 Å². The van der Waals surface area contributed by atoms with Gasteiger partial charge in [-0.2, -0.15) is 0 Å². The summed E-state index contributed by atoms with van der Waals surface area (Å²) in [6, 6.07) is 9.60. The highest BCUT2D eigenvalue weighted by molar-refractivity contribution is 7.89. The summed E-state index contributed by atoms with van der Waals surface area (Å²) in [4.78, 5) is 0. The molecule has 0 radical (unpaired) electrons. The molecule has 5 heteroatoms. The van der Waals surface area contributed by atoms with E-state index in [0.717, 1.165) is 18.4 Å². The fourth-order valence-electron chi connectivity index (χ4n) is 2.15. The quantitative estimate of drug-likeness (QED) is 0.694. The highest BCUT2D eigenvalue weighted by Crippen LogP contribution is 2.10. The minimum absolute atomic E-state index is 0.106. The van der Waals surface area contributed by atoms with Crippen LogP contribution in [0.15, 0.2) is 30.3 Å². The highest BCUT2D eigenvalue weighted by atomic mass is 32.2. The summed E-state index contributed by atoms with van der Waals surface area (Å²) in [7, 11) is -3.24. The molecule has 4 nitrogen and oxygen atoms in total. The topological polar surface area (TPSA) is 66.4 Å². The van der Waals surface area contributed by atoms with Crippen molar-refractivity contribution in [3.8, 4) is 0 Å². The lowest BCUT2D eigenvalue weighted by Crippen LogP contribution is -2.32. The van der Waals surface area contributed by atoms with Gasteiger partial charge < -0.3 is 5.11 Å². The Labute approximate surface area is 122 Å². The number of aliphatic hydroxyl groups is 1. The summed E-state index contributed by atoms with van der Waals surface area (Å²) in [6.07, 6.45) is 3.10. The smallest absolute Gasteiger partial charge is 0.211 e. The zero-order valence-electron chi connectivity index (χ0n) is 12.1. The van der Waals surface area contributed by atoms with Crippen molar-refractivity contribution < 1.29 is 13.5 Å². The molecule has 2 N–H and O–H groups in total. The van der Waals surface area contributed by atoms with Crippen molar-refractivity contribution in [1.82, 2.24) is 4.72 Å². The fraction of sp³-hybridized carbons (Fsp3) is 0.600. The van der Waals surface area contributed by atoms with E-state index in [2.05, 4.69) is 11.6 Å². The lowest BCUT2D eigenvalue weighted by atomic mass is 10.0. The molecule has 0 aromatic heterocycles. The van der Waals surface area contributed by atoms with E-state index >= 15 is 0 Å². The summed E-state index contributed by atoms with van der Waals surface area (Å²) in [5.74, 6) is 0.325.